The quantitative estimate of drug-likeness (QED) is 0.775. The normalized spacial score (nSPS) is 21.2. The van der Waals surface area contributed by atoms with Crippen LogP contribution in [-0.2, 0) is 9.59 Å². The minimum Gasteiger partial charge on any atom is -0.352 e. The number of nitrogens with zero attached hydrogens (tertiary/aromatic N) is 2. The molecule has 1 atom stereocenters. The Hall–Kier alpha value is -1.10. The van der Waals surface area contributed by atoms with Crippen LogP contribution in [0.1, 0.15) is 59.3 Å². The lowest BCUT2D eigenvalue weighted by Crippen LogP contribution is -2.52. The number of nitrogens with one attached hydrogen (secondary N) is 1. The number of hydrogen-bond acceptors (Lipinski definition) is 3. The number of piperazine rings is 1. The van der Waals surface area contributed by atoms with Gasteiger partial charge in [0.1, 0.15) is 0 Å². The number of carbonyl (C=O) groups is 2. The molecule has 0 aromatic carbocycles. The lowest BCUT2D eigenvalue weighted by Gasteiger charge is -2.34. The highest BCUT2D eigenvalue weighted by Gasteiger charge is 2.24. The van der Waals surface area contributed by atoms with Gasteiger partial charge in [-0.3, -0.25) is 14.5 Å². The van der Waals surface area contributed by atoms with Gasteiger partial charge in [0.25, 0.3) is 0 Å². The molecule has 0 aromatic heterocycles. The number of rotatable bonds is 7. The Morgan fingerprint density at radius 1 is 1.04 bits per heavy atom. The topological polar surface area (TPSA) is 52.7 Å². The molecule has 0 spiro atoms. The van der Waals surface area contributed by atoms with Crippen molar-refractivity contribution >= 4 is 11.8 Å². The van der Waals surface area contributed by atoms with E-state index in [4.69, 9.17) is 0 Å². The summed E-state index contributed by atoms with van der Waals surface area (Å²) in [5, 5.41) is 3.05. The van der Waals surface area contributed by atoms with Gasteiger partial charge in [-0.2, -0.15) is 0 Å². The van der Waals surface area contributed by atoms with Gasteiger partial charge in [-0.15, -0.1) is 0 Å². The van der Waals surface area contributed by atoms with Crippen molar-refractivity contribution in [2.75, 3.05) is 32.7 Å². The average Bonchev–Trinajstić information content (AvgIpc) is 3.06. The smallest absolute Gasteiger partial charge is 0.234 e. The molecule has 1 saturated heterocycles. The zero-order valence-corrected chi connectivity index (χ0v) is 15.7. The van der Waals surface area contributed by atoms with Gasteiger partial charge in [0.05, 0.1) is 6.54 Å². The van der Waals surface area contributed by atoms with Gasteiger partial charge in [-0.25, -0.2) is 0 Å². The Balaban J connectivity index is 1.63. The molecule has 2 amide bonds. The van der Waals surface area contributed by atoms with Gasteiger partial charge in [0.2, 0.25) is 11.8 Å². The standard InChI is InChI=1S/C19H35N3O2/c1-15(2)16(3)20-18(23)14-21-10-12-22(13-11-21)19(24)9-8-17-6-4-5-7-17/h15-17H,4-14H2,1-3H3,(H,20,23). The Labute approximate surface area is 147 Å². The van der Waals surface area contributed by atoms with Gasteiger partial charge in [0, 0.05) is 38.6 Å². The number of amides is 2. The van der Waals surface area contributed by atoms with Crippen LogP contribution in [0.5, 0.6) is 0 Å². The maximum atomic E-state index is 12.3. The van der Waals surface area contributed by atoms with Crippen LogP contribution < -0.4 is 5.32 Å². The first-order chi connectivity index (χ1) is 11.5. The zero-order valence-electron chi connectivity index (χ0n) is 15.7. The van der Waals surface area contributed by atoms with Crippen molar-refractivity contribution in [3.05, 3.63) is 0 Å². The van der Waals surface area contributed by atoms with E-state index in [2.05, 4.69) is 24.1 Å². The van der Waals surface area contributed by atoms with E-state index in [-0.39, 0.29) is 11.9 Å². The van der Waals surface area contributed by atoms with Crippen molar-refractivity contribution in [2.24, 2.45) is 11.8 Å². The van der Waals surface area contributed by atoms with Crippen LogP contribution in [-0.4, -0.2) is 60.4 Å². The van der Waals surface area contributed by atoms with E-state index in [9.17, 15) is 9.59 Å². The van der Waals surface area contributed by atoms with E-state index >= 15 is 0 Å². The molecule has 5 heteroatoms. The molecule has 1 aliphatic heterocycles. The molecule has 5 nitrogen and oxygen atoms in total. The number of hydrogen-bond donors (Lipinski definition) is 1. The van der Waals surface area contributed by atoms with E-state index in [1.807, 2.05) is 11.8 Å². The third kappa shape index (κ3) is 6.08. The predicted molar refractivity (Wildman–Crippen MR) is 96.7 cm³/mol. The van der Waals surface area contributed by atoms with Gasteiger partial charge >= 0.3 is 0 Å². The Bertz CT molecular complexity index is 411. The second kappa shape index (κ2) is 9.40. The second-order valence-electron chi connectivity index (χ2n) is 7.95. The Kier molecular flexibility index (Phi) is 7.53. The summed E-state index contributed by atoms with van der Waals surface area (Å²) in [5.74, 6) is 1.63. The molecule has 2 fully saturated rings. The molecular weight excluding hydrogens is 302 g/mol. The van der Waals surface area contributed by atoms with E-state index < -0.39 is 0 Å². The van der Waals surface area contributed by atoms with E-state index in [0.29, 0.717) is 24.8 Å². The third-order valence-corrected chi connectivity index (χ3v) is 5.72. The van der Waals surface area contributed by atoms with Gasteiger partial charge in [-0.05, 0) is 25.2 Å². The highest BCUT2D eigenvalue weighted by Crippen LogP contribution is 2.28. The first-order valence-corrected chi connectivity index (χ1v) is 9.75. The maximum absolute atomic E-state index is 12.3. The highest BCUT2D eigenvalue weighted by atomic mass is 16.2. The van der Waals surface area contributed by atoms with Crippen LogP contribution in [0, 0.1) is 11.8 Å². The molecule has 1 unspecified atom stereocenters. The summed E-state index contributed by atoms with van der Waals surface area (Å²) in [5.41, 5.74) is 0. The fraction of sp³-hybridized carbons (Fsp3) is 0.895. The SMILES string of the molecule is CC(C)C(C)NC(=O)CN1CCN(C(=O)CCC2CCCC2)CC1. The largest absolute Gasteiger partial charge is 0.352 e. The molecule has 0 radical (unpaired) electrons. The predicted octanol–water partition coefficient (Wildman–Crippen LogP) is 2.26. The molecular formula is C19H35N3O2. The molecule has 2 aliphatic rings. The summed E-state index contributed by atoms with van der Waals surface area (Å²) in [6.45, 7) is 9.84. The van der Waals surface area contributed by atoms with Crippen LogP contribution in [0.25, 0.3) is 0 Å². The first-order valence-electron chi connectivity index (χ1n) is 9.75. The van der Waals surface area contributed by atoms with Crippen LogP contribution in [0.15, 0.2) is 0 Å². The van der Waals surface area contributed by atoms with E-state index in [0.717, 1.165) is 38.5 Å². The second-order valence-corrected chi connectivity index (χ2v) is 7.95. The van der Waals surface area contributed by atoms with Crippen molar-refractivity contribution in [1.82, 2.24) is 15.1 Å². The molecule has 0 aromatic rings. The van der Waals surface area contributed by atoms with Crippen LogP contribution in [0.4, 0.5) is 0 Å². The average molecular weight is 338 g/mol. The molecule has 1 heterocycles. The van der Waals surface area contributed by atoms with Gasteiger partial charge < -0.3 is 10.2 Å². The Morgan fingerprint density at radius 3 is 2.25 bits per heavy atom. The van der Waals surface area contributed by atoms with Crippen molar-refractivity contribution < 1.29 is 9.59 Å². The zero-order chi connectivity index (χ0) is 17.5. The summed E-state index contributed by atoms with van der Waals surface area (Å²) in [4.78, 5) is 28.5. The molecule has 24 heavy (non-hydrogen) atoms. The van der Waals surface area contributed by atoms with Crippen LogP contribution in [0.3, 0.4) is 0 Å². The van der Waals surface area contributed by atoms with Crippen molar-refractivity contribution in [2.45, 2.75) is 65.3 Å². The summed E-state index contributed by atoms with van der Waals surface area (Å²) >= 11 is 0. The molecule has 2 rings (SSSR count). The monoisotopic (exact) mass is 337 g/mol. The third-order valence-electron chi connectivity index (χ3n) is 5.72. The van der Waals surface area contributed by atoms with Crippen molar-refractivity contribution in [1.29, 1.82) is 0 Å². The minimum absolute atomic E-state index is 0.0946. The van der Waals surface area contributed by atoms with Gasteiger partial charge in [0.15, 0.2) is 0 Å². The number of carbonyl (C=O) groups excluding carboxylic acids is 2. The molecule has 1 saturated carbocycles. The minimum atomic E-state index is 0.0946. The van der Waals surface area contributed by atoms with Crippen LogP contribution >= 0.6 is 0 Å². The Morgan fingerprint density at radius 2 is 1.67 bits per heavy atom. The molecule has 1 N–H and O–H groups in total. The fourth-order valence-electron chi connectivity index (χ4n) is 3.61. The van der Waals surface area contributed by atoms with Crippen LogP contribution in [0.2, 0.25) is 0 Å². The van der Waals surface area contributed by atoms with E-state index in [1.54, 1.807) is 0 Å². The lowest BCUT2D eigenvalue weighted by molar-refractivity contribution is -0.133. The summed E-state index contributed by atoms with van der Waals surface area (Å²) in [6, 6.07) is 0.205. The van der Waals surface area contributed by atoms with Crippen molar-refractivity contribution in [3.8, 4) is 0 Å². The van der Waals surface area contributed by atoms with Crippen molar-refractivity contribution in [3.63, 3.8) is 0 Å². The molecule has 138 valence electrons. The maximum Gasteiger partial charge on any atom is 0.234 e. The fourth-order valence-corrected chi connectivity index (χ4v) is 3.61. The summed E-state index contributed by atoms with van der Waals surface area (Å²) in [7, 11) is 0. The van der Waals surface area contributed by atoms with Gasteiger partial charge in [-0.1, -0.05) is 39.5 Å². The molecule has 1 aliphatic carbocycles. The highest BCUT2D eigenvalue weighted by molar-refractivity contribution is 5.78. The van der Waals surface area contributed by atoms with E-state index in [1.165, 1.54) is 25.7 Å². The first kappa shape index (κ1) is 19.2. The lowest BCUT2D eigenvalue weighted by atomic mass is 10.0. The summed E-state index contributed by atoms with van der Waals surface area (Å²) in [6.07, 6.45) is 7.07. The summed E-state index contributed by atoms with van der Waals surface area (Å²) < 4.78 is 0. The molecule has 0 bridgehead atoms.